The molecule has 0 unspecified atom stereocenters. The first-order chi connectivity index (χ1) is 8.56. The third kappa shape index (κ3) is 2.35. The second kappa shape index (κ2) is 4.77. The van der Waals surface area contributed by atoms with E-state index < -0.39 is 5.54 Å². The average molecular weight is 246 g/mol. The third-order valence-corrected chi connectivity index (χ3v) is 3.46. The number of carbonyl (C=O) groups excluding carboxylic acids is 1. The van der Waals surface area contributed by atoms with Gasteiger partial charge in [0.2, 0.25) is 0 Å². The molecule has 3 nitrogen and oxygen atoms in total. The summed E-state index contributed by atoms with van der Waals surface area (Å²) in [5, 5.41) is 12.0. The third-order valence-electron chi connectivity index (χ3n) is 3.46. The van der Waals surface area contributed by atoms with Gasteiger partial charge in [0.1, 0.15) is 11.4 Å². The van der Waals surface area contributed by atoms with Crippen LogP contribution in [0.1, 0.15) is 41.6 Å². The molecule has 0 heterocycles. The molecule has 2 rings (SSSR count). The van der Waals surface area contributed by atoms with Gasteiger partial charge in [-0.2, -0.15) is 5.26 Å². The van der Waals surface area contributed by atoms with Crippen LogP contribution in [0.2, 0.25) is 0 Å². The number of nitrogens with one attached hydrogen (secondary N) is 1. The second-order valence-corrected chi connectivity index (χ2v) is 4.81. The molecule has 1 N–H and O–H groups in total. The molecule has 1 aliphatic carbocycles. The summed E-state index contributed by atoms with van der Waals surface area (Å²) in [6.45, 7) is 1.69. The molecule has 94 valence electrons. The van der Waals surface area contributed by atoms with Crippen molar-refractivity contribution in [1.29, 1.82) is 5.26 Å². The predicted octanol–water partition coefficient (Wildman–Crippen LogP) is 2.70. The Kier molecular flexibility index (Phi) is 3.33. The van der Waals surface area contributed by atoms with Crippen LogP contribution in [0.25, 0.3) is 0 Å². The van der Waals surface area contributed by atoms with E-state index in [2.05, 4.69) is 11.4 Å². The Morgan fingerprint density at radius 1 is 1.44 bits per heavy atom. The Bertz CT molecular complexity index is 513. The lowest BCUT2D eigenvalue weighted by atomic mass is 9.98. The summed E-state index contributed by atoms with van der Waals surface area (Å²) < 4.78 is 13.0. The van der Waals surface area contributed by atoms with Crippen molar-refractivity contribution in [2.75, 3.05) is 0 Å². The van der Waals surface area contributed by atoms with E-state index >= 15 is 0 Å². The van der Waals surface area contributed by atoms with Gasteiger partial charge in [0.25, 0.3) is 5.91 Å². The largest absolute Gasteiger partial charge is 0.334 e. The minimum Gasteiger partial charge on any atom is -0.334 e. The molecule has 0 bridgehead atoms. The number of nitriles is 1. The smallest absolute Gasteiger partial charge is 0.252 e. The molecule has 1 saturated carbocycles. The van der Waals surface area contributed by atoms with E-state index in [1.54, 1.807) is 6.92 Å². The van der Waals surface area contributed by atoms with Crippen molar-refractivity contribution < 1.29 is 9.18 Å². The van der Waals surface area contributed by atoms with Crippen molar-refractivity contribution in [2.24, 2.45) is 0 Å². The number of carbonyl (C=O) groups is 1. The van der Waals surface area contributed by atoms with Crippen LogP contribution in [0.5, 0.6) is 0 Å². The molecule has 0 aromatic heterocycles. The normalized spacial score (nSPS) is 17.2. The quantitative estimate of drug-likeness (QED) is 0.872. The van der Waals surface area contributed by atoms with Gasteiger partial charge in [-0.3, -0.25) is 4.79 Å². The Balaban J connectivity index is 2.19. The highest BCUT2D eigenvalue weighted by atomic mass is 19.1. The maximum Gasteiger partial charge on any atom is 0.252 e. The van der Waals surface area contributed by atoms with Crippen molar-refractivity contribution in [1.82, 2.24) is 5.32 Å². The number of aryl methyl sites for hydroxylation is 1. The number of amides is 1. The van der Waals surface area contributed by atoms with Crippen LogP contribution in [0.15, 0.2) is 18.2 Å². The van der Waals surface area contributed by atoms with Gasteiger partial charge in [0.15, 0.2) is 0 Å². The summed E-state index contributed by atoms with van der Waals surface area (Å²) in [7, 11) is 0. The van der Waals surface area contributed by atoms with Crippen LogP contribution < -0.4 is 5.32 Å². The Hall–Kier alpha value is -1.89. The molecule has 0 spiro atoms. The average Bonchev–Trinajstić information content (AvgIpc) is 2.78. The van der Waals surface area contributed by atoms with Crippen molar-refractivity contribution in [3.8, 4) is 6.07 Å². The molecule has 0 atom stereocenters. The highest BCUT2D eigenvalue weighted by molar-refractivity contribution is 5.96. The van der Waals surface area contributed by atoms with Gasteiger partial charge >= 0.3 is 0 Å². The maximum atomic E-state index is 13.0. The van der Waals surface area contributed by atoms with Crippen molar-refractivity contribution in [3.05, 3.63) is 35.1 Å². The van der Waals surface area contributed by atoms with Crippen LogP contribution in [0, 0.1) is 24.1 Å². The molecule has 1 aromatic carbocycles. The molecule has 1 aliphatic rings. The van der Waals surface area contributed by atoms with Crippen LogP contribution in [-0.2, 0) is 0 Å². The molecule has 1 fully saturated rings. The number of rotatable bonds is 2. The first-order valence-corrected chi connectivity index (χ1v) is 6.06. The fourth-order valence-electron chi connectivity index (χ4n) is 2.41. The molecule has 0 saturated heterocycles. The number of hydrogen-bond donors (Lipinski definition) is 1. The number of halogens is 1. The van der Waals surface area contributed by atoms with E-state index in [4.69, 9.17) is 0 Å². The van der Waals surface area contributed by atoms with Gasteiger partial charge < -0.3 is 5.32 Å². The molecular formula is C14H15FN2O. The van der Waals surface area contributed by atoms with E-state index in [0.717, 1.165) is 12.8 Å². The molecule has 0 radical (unpaired) electrons. The van der Waals surface area contributed by atoms with Crippen molar-refractivity contribution in [3.63, 3.8) is 0 Å². The summed E-state index contributed by atoms with van der Waals surface area (Å²) in [6, 6.07) is 6.24. The molecule has 4 heteroatoms. The highest BCUT2D eigenvalue weighted by Gasteiger charge is 2.35. The zero-order chi connectivity index (χ0) is 13.2. The Morgan fingerprint density at radius 2 is 2.11 bits per heavy atom. The number of nitrogens with zero attached hydrogens (tertiary/aromatic N) is 1. The fourth-order valence-corrected chi connectivity index (χ4v) is 2.41. The summed E-state index contributed by atoms with van der Waals surface area (Å²) in [5.74, 6) is -0.657. The molecule has 18 heavy (non-hydrogen) atoms. The summed E-state index contributed by atoms with van der Waals surface area (Å²) in [5.41, 5.74) is 0.272. The van der Waals surface area contributed by atoms with Gasteiger partial charge in [-0.15, -0.1) is 0 Å². The topological polar surface area (TPSA) is 52.9 Å². The Labute approximate surface area is 106 Å². The van der Waals surface area contributed by atoms with Gasteiger partial charge in [0, 0.05) is 5.56 Å². The summed E-state index contributed by atoms with van der Waals surface area (Å²) in [6.07, 6.45) is 3.29. The van der Waals surface area contributed by atoms with Crippen molar-refractivity contribution >= 4 is 5.91 Å². The van der Waals surface area contributed by atoms with Gasteiger partial charge in [-0.1, -0.05) is 0 Å². The molecule has 1 aromatic rings. The first kappa shape index (κ1) is 12.6. The lowest BCUT2D eigenvalue weighted by molar-refractivity contribution is 0.0920. The zero-order valence-corrected chi connectivity index (χ0v) is 10.3. The summed E-state index contributed by atoms with van der Waals surface area (Å²) in [4.78, 5) is 12.1. The minimum absolute atomic E-state index is 0.295. The first-order valence-electron chi connectivity index (χ1n) is 6.06. The SMILES string of the molecule is Cc1cc(F)ccc1C(=O)NC1(C#N)CCCC1. The van der Waals surface area contributed by atoms with Gasteiger partial charge in [-0.05, 0) is 56.4 Å². The minimum atomic E-state index is -0.738. The molecule has 0 aliphatic heterocycles. The number of benzene rings is 1. The Morgan fingerprint density at radius 3 is 2.67 bits per heavy atom. The lowest BCUT2D eigenvalue weighted by Crippen LogP contribution is -2.45. The fraction of sp³-hybridized carbons (Fsp3) is 0.429. The van der Waals surface area contributed by atoms with E-state index in [0.29, 0.717) is 24.0 Å². The maximum absolute atomic E-state index is 13.0. The van der Waals surface area contributed by atoms with Crippen LogP contribution in [-0.4, -0.2) is 11.4 Å². The van der Waals surface area contributed by atoms with Gasteiger partial charge in [-0.25, -0.2) is 4.39 Å². The standard InChI is InChI=1S/C14H15FN2O/c1-10-8-11(15)4-5-12(10)13(18)17-14(9-16)6-2-3-7-14/h4-5,8H,2-3,6-7H2,1H3,(H,17,18). The van der Waals surface area contributed by atoms with Crippen molar-refractivity contribution in [2.45, 2.75) is 38.1 Å². The molecule has 1 amide bonds. The van der Waals surface area contributed by atoms with E-state index in [-0.39, 0.29) is 11.7 Å². The monoisotopic (exact) mass is 246 g/mol. The van der Waals surface area contributed by atoms with E-state index in [9.17, 15) is 14.4 Å². The number of hydrogen-bond acceptors (Lipinski definition) is 2. The van der Waals surface area contributed by atoms with Crippen LogP contribution in [0.3, 0.4) is 0 Å². The zero-order valence-electron chi connectivity index (χ0n) is 10.3. The molecular weight excluding hydrogens is 231 g/mol. The van der Waals surface area contributed by atoms with Crippen LogP contribution in [0.4, 0.5) is 4.39 Å². The van der Waals surface area contributed by atoms with Crippen LogP contribution >= 0.6 is 0 Å². The lowest BCUT2D eigenvalue weighted by Gasteiger charge is -2.22. The van der Waals surface area contributed by atoms with E-state index in [1.807, 2.05) is 0 Å². The highest BCUT2D eigenvalue weighted by Crippen LogP contribution is 2.29. The van der Waals surface area contributed by atoms with E-state index in [1.165, 1.54) is 18.2 Å². The predicted molar refractivity (Wildman–Crippen MR) is 65.4 cm³/mol. The van der Waals surface area contributed by atoms with Gasteiger partial charge in [0.05, 0.1) is 6.07 Å². The second-order valence-electron chi connectivity index (χ2n) is 4.81. The summed E-state index contributed by atoms with van der Waals surface area (Å²) >= 11 is 0.